The molecule has 1 aromatic heterocycles. The van der Waals surface area contributed by atoms with E-state index >= 15 is 0 Å². The smallest absolute Gasteiger partial charge is 0.116 e. The molecule has 0 radical (unpaired) electrons. The van der Waals surface area contributed by atoms with Crippen LogP contribution in [-0.4, -0.2) is 10.1 Å². The third-order valence-electron chi connectivity index (χ3n) is 4.00. The highest BCUT2D eigenvalue weighted by atomic mass is 35.5. The highest BCUT2D eigenvalue weighted by Crippen LogP contribution is 2.34. The summed E-state index contributed by atoms with van der Waals surface area (Å²) in [6.07, 6.45) is 0. The van der Waals surface area contributed by atoms with Gasteiger partial charge >= 0.3 is 0 Å². The molecule has 0 atom stereocenters. The summed E-state index contributed by atoms with van der Waals surface area (Å²) in [6, 6.07) is 25.1. The van der Waals surface area contributed by atoms with Gasteiger partial charge in [-0.1, -0.05) is 54.1 Å². The van der Waals surface area contributed by atoms with Crippen molar-refractivity contribution < 1.29 is 17.5 Å². The zero-order valence-electron chi connectivity index (χ0n) is 13.2. The lowest BCUT2D eigenvalue weighted by Crippen LogP contribution is -3.00. The standard InChI is InChI=1S/C21H14ClNO.ClH/c22-16-9-10-20-19(12-16)18(14-5-2-1-3-6-14)13-21(23-20)15-7-4-8-17(24)11-15;/h1-13,24H;1H/p-1. The molecule has 0 amide bonds. The lowest BCUT2D eigenvalue weighted by molar-refractivity contribution is -0.00000563. The van der Waals surface area contributed by atoms with Crippen molar-refractivity contribution in [3.63, 3.8) is 0 Å². The van der Waals surface area contributed by atoms with Crippen molar-refractivity contribution in [1.29, 1.82) is 0 Å². The number of benzene rings is 3. The first-order valence-corrected chi connectivity index (χ1v) is 8.04. The second-order valence-electron chi connectivity index (χ2n) is 5.63. The first kappa shape index (κ1) is 17.3. The van der Waals surface area contributed by atoms with E-state index in [9.17, 15) is 5.11 Å². The summed E-state index contributed by atoms with van der Waals surface area (Å²) in [7, 11) is 0. The van der Waals surface area contributed by atoms with E-state index in [1.54, 1.807) is 12.1 Å². The predicted molar refractivity (Wildman–Crippen MR) is 99.3 cm³/mol. The fourth-order valence-electron chi connectivity index (χ4n) is 2.87. The van der Waals surface area contributed by atoms with E-state index in [2.05, 4.69) is 12.1 Å². The van der Waals surface area contributed by atoms with Gasteiger partial charge in [0.05, 0.1) is 11.2 Å². The quantitative estimate of drug-likeness (QED) is 0.591. The second-order valence-corrected chi connectivity index (χ2v) is 6.07. The van der Waals surface area contributed by atoms with Crippen LogP contribution in [-0.2, 0) is 0 Å². The van der Waals surface area contributed by atoms with E-state index in [-0.39, 0.29) is 18.2 Å². The zero-order chi connectivity index (χ0) is 16.5. The Bertz CT molecular complexity index is 1030. The van der Waals surface area contributed by atoms with Gasteiger partial charge in [-0.05, 0) is 47.5 Å². The highest BCUT2D eigenvalue weighted by molar-refractivity contribution is 6.31. The Morgan fingerprint density at radius 2 is 1.52 bits per heavy atom. The number of aromatic nitrogens is 1. The van der Waals surface area contributed by atoms with E-state index in [0.717, 1.165) is 33.3 Å². The molecule has 0 saturated heterocycles. The van der Waals surface area contributed by atoms with E-state index in [4.69, 9.17) is 16.6 Å². The van der Waals surface area contributed by atoms with Crippen LogP contribution in [0.5, 0.6) is 5.75 Å². The molecule has 3 aromatic carbocycles. The monoisotopic (exact) mass is 366 g/mol. The van der Waals surface area contributed by atoms with Gasteiger partial charge in [0.2, 0.25) is 0 Å². The molecule has 0 aliphatic carbocycles. The molecule has 0 saturated carbocycles. The van der Waals surface area contributed by atoms with Crippen LogP contribution >= 0.6 is 11.6 Å². The average molecular weight is 367 g/mol. The summed E-state index contributed by atoms with van der Waals surface area (Å²) in [4.78, 5) is 4.74. The fourth-order valence-corrected chi connectivity index (χ4v) is 3.04. The van der Waals surface area contributed by atoms with Crippen LogP contribution in [0.25, 0.3) is 33.3 Å². The maximum absolute atomic E-state index is 9.77. The van der Waals surface area contributed by atoms with Gasteiger partial charge < -0.3 is 17.5 Å². The molecule has 25 heavy (non-hydrogen) atoms. The van der Waals surface area contributed by atoms with Crippen LogP contribution in [0.15, 0.2) is 78.9 Å². The Balaban J connectivity index is 0.00000182. The third-order valence-corrected chi connectivity index (χ3v) is 4.23. The van der Waals surface area contributed by atoms with Crippen molar-refractivity contribution in [1.82, 2.24) is 4.98 Å². The van der Waals surface area contributed by atoms with Gasteiger partial charge in [-0.15, -0.1) is 0 Å². The number of fused-ring (bicyclic) bond motifs is 1. The first-order valence-electron chi connectivity index (χ1n) is 7.66. The molecule has 0 bridgehead atoms. The SMILES string of the molecule is Oc1cccc(-c2cc(-c3ccccc3)c3cc(Cl)ccc3n2)c1.[Cl-]. The number of nitrogens with zero attached hydrogens (tertiary/aromatic N) is 1. The minimum absolute atomic E-state index is 0. The Morgan fingerprint density at radius 1 is 0.760 bits per heavy atom. The molecule has 0 spiro atoms. The summed E-state index contributed by atoms with van der Waals surface area (Å²) in [5.41, 5.74) is 4.75. The molecule has 124 valence electrons. The molecule has 4 heteroatoms. The minimum Gasteiger partial charge on any atom is -1.00 e. The van der Waals surface area contributed by atoms with Crippen LogP contribution in [0.1, 0.15) is 0 Å². The normalized spacial score (nSPS) is 10.4. The van der Waals surface area contributed by atoms with Crippen molar-refractivity contribution in [2.75, 3.05) is 0 Å². The summed E-state index contributed by atoms with van der Waals surface area (Å²) < 4.78 is 0. The van der Waals surface area contributed by atoms with E-state index < -0.39 is 0 Å². The molecule has 0 unspecified atom stereocenters. The molecule has 0 aliphatic rings. The maximum Gasteiger partial charge on any atom is 0.116 e. The predicted octanol–water partition coefficient (Wildman–Crippen LogP) is 2.93. The maximum atomic E-state index is 9.77. The average Bonchev–Trinajstić information content (AvgIpc) is 2.61. The zero-order valence-corrected chi connectivity index (χ0v) is 14.7. The Labute approximate surface area is 157 Å². The number of phenolic OH excluding ortho intramolecular Hbond substituents is 1. The van der Waals surface area contributed by atoms with Gasteiger partial charge in [-0.2, -0.15) is 0 Å². The van der Waals surface area contributed by atoms with Crippen molar-refractivity contribution >= 4 is 22.5 Å². The van der Waals surface area contributed by atoms with Gasteiger partial charge in [-0.3, -0.25) is 0 Å². The second kappa shape index (κ2) is 7.14. The molecule has 1 N–H and O–H groups in total. The molecule has 4 aromatic rings. The lowest BCUT2D eigenvalue weighted by Gasteiger charge is -2.11. The Hall–Kier alpha value is -2.55. The molecular formula is C21H14Cl2NO-. The van der Waals surface area contributed by atoms with Gasteiger partial charge in [0.15, 0.2) is 0 Å². The van der Waals surface area contributed by atoms with Crippen LogP contribution in [0, 0.1) is 0 Å². The molecule has 4 rings (SSSR count). The fraction of sp³-hybridized carbons (Fsp3) is 0. The topological polar surface area (TPSA) is 33.1 Å². The van der Waals surface area contributed by atoms with Crippen LogP contribution < -0.4 is 12.4 Å². The number of hydrogen-bond acceptors (Lipinski definition) is 2. The van der Waals surface area contributed by atoms with Crippen molar-refractivity contribution in [3.8, 4) is 28.1 Å². The van der Waals surface area contributed by atoms with E-state index in [0.29, 0.717) is 5.02 Å². The molecule has 2 nitrogen and oxygen atoms in total. The molecule has 0 aliphatic heterocycles. The van der Waals surface area contributed by atoms with Crippen LogP contribution in [0.3, 0.4) is 0 Å². The van der Waals surface area contributed by atoms with E-state index in [1.165, 1.54) is 0 Å². The number of aromatic hydroxyl groups is 1. The van der Waals surface area contributed by atoms with Crippen molar-refractivity contribution in [2.24, 2.45) is 0 Å². The van der Waals surface area contributed by atoms with Gasteiger partial charge in [0, 0.05) is 16.0 Å². The number of pyridine rings is 1. The number of hydrogen-bond donors (Lipinski definition) is 1. The molecule has 0 fully saturated rings. The van der Waals surface area contributed by atoms with E-state index in [1.807, 2.05) is 54.6 Å². The summed E-state index contributed by atoms with van der Waals surface area (Å²) in [6.45, 7) is 0. The molecular weight excluding hydrogens is 353 g/mol. The van der Waals surface area contributed by atoms with Gasteiger partial charge in [-0.25, -0.2) is 4.98 Å². The molecule has 1 heterocycles. The van der Waals surface area contributed by atoms with Crippen molar-refractivity contribution in [3.05, 3.63) is 83.9 Å². The summed E-state index contributed by atoms with van der Waals surface area (Å²) in [5, 5.41) is 11.5. The first-order chi connectivity index (χ1) is 11.7. The highest BCUT2D eigenvalue weighted by Gasteiger charge is 2.10. The van der Waals surface area contributed by atoms with Crippen LogP contribution in [0.2, 0.25) is 5.02 Å². The number of rotatable bonds is 2. The van der Waals surface area contributed by atoms with Gasteiger partial charge in [0.25, 0.3) is 0 Å². The largest absolute Gasteiger partial charge is 1.00 e. The minimum atomic E-state index is 0. The lowest BCUT2D eigenvalue weighted by atomic mass is 9.98. The number of phenols is 1. The third kappa shape index (κ3) is 3.46. The summed E-state index contributed by atoms with van der Waals surface area (Å²) in [5.74, 6) is 0.228. The Morgan fingerprint density at radius 3 is 2.28 bits per heavy atom. The van der Waals surface area contributed by atoms with Gasteiger partial charge in [0.1, 0.15) is 5.75 Å². The summed E-state index contributed by atoms with van der Waals surface area (Å²) >= 11 is 6.19. The van der Waals surface area contributed by atoms with Crippen molar-refractivity contribution in [2.45, 2.75) is 0 Å². The van der Waals surface area contributed by atoms with Crippen LogP contribution in [0.4, 0.5) is 0 Å². The number of halogens is 2. The Kier molecular flexibility index (Phi) is 4.93.